The Morgan fingerprint density at radius 2 is 0.576 bits per heavy atom. The summed E-state index contributed by atoms with van der Waals surface area (Å²) >= 11 is 41.0. The quantitative estimate of drug-likeness (QED) is 0.159. The molecule has 10 aliphatic heterocycles. The van der Waals surface area contributed by atoms with E-state index in [-0.39, 0.29) is 12.4 Å². The van der Waals surface area contributed by atoms with Crippen molar-refractivity contribution < 1.29 is 31.4 Å². The molecule has 0 saturated heterocycles. The van der Waals surface area contributed by atoms with E-state index in [2.05, 4.69) is 266 Å². The predicted octanol–water partition coefficient (Wildman–Crippen LogP) is 38.6. The van der Waals surface area contributed by atoms with Crippen LogP contribution in [0, 0.1) is 24.4 Å². The van der Waals surface area contributed by atoms with Crippen LogP contribution in [0.25, 0.3) is 0 Å². The standard InChI is InChI=1S/C12H12F3NS.C12H15NOS.C12H15NS.4C11H12ClNS.C11H11F2NS.C11H12FNS.C11H13NS/c1-7(2)11-16(3)9-6-4-5-8(10(9)17-11)12(13,14)15;1-8(2)12-13(3)10-6-9(7-14)4-5-11(10)15-12;1-8(2)12-13(4)10-6-5-9(3)7-11(10)14-12;1-7(2)11-13(3)9-6-8(12)4-5-10(9)14-11;1-7(2)11-13(3)9-5-4-8(12)6-10(9)14-11;1-7(2)11-13(3)10-8(12)5-4-6-9(10)14-11;1-7(2)11-13(3)9-6-4-5-8(12)10(9)14-11;1-6(2)11-14(3)8-5-4-7(12)9(13)10(8)15-11;1-7(2)11-13(3)10-8(12)5-4-6-9(10)14-11;1-8(2)11-12(3)9-6-4-5-7-10(9)13-11/h4-6H,1-3H3;4-6,14H,7H2,1-3H3;5-7H,1-4H3;4*4-6H,1-3H3;4-5H,1-3H3;4-6H,1-3H3;4-7H,1-3H3. The Labute approximate surface area is 912 Å². The van der Waals surface area contributed by atoms with Crippen LogP contribution in [0.15, 0.2) is 337 Å². The minimum atomic E-state index is -4.30. The van der Waals surface area contributed by atoms with Crippen molar-refractivity contribution in [3.8, 4) is 0 Å². The van der Waals surface area contributed by atoms with E-state index in [0.29, 0.717) is 21.2 Å². The number of aryl methyl sites for hydroxylation is 1. The van der Waals surface area contributed by atoms with Crippen LogP contribution in [0.1, 0.15) is 155 Å². The molecule has 10 aromatic carbocycles. The molecular formula is C113H126Cl4F6N10OS10. The number of rotatable bonds is 1. The van der Waals surface area contributed by atoms with Gasteiger partial charge in [-0.25, -0.2) is 13.2 Å². The number of anilines is 10. The van der Waals surface area contributed by atoms with E-state index in [1.165, 1.54) is 195 Å². The number of hydrogen-bond donors (Lipinski definition) is 1. The van der Waals surface area contributed by atoms with E-state index in [9.17, 15) is 26.3 Å². The van der Waals surface area contributed by atoms with Gasteiger partial charge in [-0.05, 0) is 346 Å². The van der Waals surface area contributed by atoms with Crippen LogP contribution in [0.5, 0.6) is 0 Å². The van der Waals surface area contributed by atoms with Gasteiger partial charge < -0.3 is 54.1 Å². The number of thioether (sulfide) groups is 10. The summed E-state index contributed by atoms with van der Waals surface area (Å²) in [5, 5.41) is 24.5. The van der Waals surface area contributed by atoms with Crippen LogP contribution < -0.4 is 49.0 Å². The summed E-state index contributed by atoms with van der Waals surface area (Å²) in [7, 11) is 20.2. The molecule has 20 rings (SSSR count). The number of alkyl halides is 3. The average molecular weight is 2220 g/mol. The Bertz CT molecular complexity index is 6680. The fourth-order valence-electron chi connectivity index (χ4n) is 16.3. The number of allylic oxidation sites excluding steroid dienone is 10. The van der Waals surface area contributed by atoms with E-state index in [1.54, 1.807) is 84.1 Å². The van der Waals surface area contributed by atoms with Gasteiger partial charge in [0.1, 0.15) is 5.82 Å². The molecule has 0 spiro atoms. The lowest BCUT2D eigenvalue weighted by molar-refractivity contribution is -0.139. The van der Waals surface area contributed by atoms with Crippen LogP contribution in [0.3, 0.4) is 0 Å². The minimum Gasteiger partial charge on any atom is -0.392 e. The second kappa shape index (κ2) is 50.4. The van der Waals surface area contributed by atoms with Crippen LogP contribution >= 0.6 is 164 Å². The lowest BCUT2D eigenvalue weighted by Gasteiger charge is -2.15. The van der Waals surface area contributed by atoms with Gasteiger partial charge in [-0.3, -0.25) is 0 Å². The van der Waals surface area contributed by atoms with Gasteiger partial charge in [-0.2, -0.15) is 13.2 Å². The fraction of sp³-hybridized carbons (Fsp3) is 0.292. The first-order valence-electron chi connectivity index (χ1n) is 46.3. The molecular weight excluding hydrogens is 2090 g/mol. The van der Waals surface area contributed by atoms with Crippen molar-refractivity contribution in [1.29, 1.82) is 0 Å². The third kappa shape index (κ3) is 27.0. The summed E-state index contributed by atoms with van der Waals surface area (Å²) in [6.07, 6.45) is -4.30. The maximum Gasteiger partial charge on any atom is 0.417 e. The summed E-state index contributed by atoms with van der Waals surface area (Å²) < 4.78 is 78.5. The van der Waals surface area contributed by atoms with Gasteiger partial charge in [-0.15, -0.1) is 0 Å². The van der Waals surface area contributed by atoms with Gasteiger partial charge in [0.25, 0.3) is 0 Å². The number of fused-ring (bicyclic) bond motifs is 10. The summed E-state index contributed by atoms with van der Waals surface area (Å²) in [6.45, 7) is 44.0. The smallest absolute Gasteiger partial charge is 0.392 e. The highest BCUT2D eigenvalue weighted by atomic mass is 35.5. The topological polar surface area (TPSA) is 52.6 Å². The zero-order chi connectivity index (χ0) is 106. The van der Waals surface area contributed by atoms with Crippen molar-refractivity contribution in [2.24, 2.45) is 0 Å². The summed E-state index contributed by atoms with van der Waals surface area (Å²) in [4.78, 5) is 31.8. The normalized spacial score (nSPS) is 14.6. The van der Waals surface area contributed by atoms with Crippen molar-refractivity contribution >= 4 is 221 Å². The monoisotopic (exact) mass is 2210 g/mol. The van der Waals surface area contributed by atoms with Gasteiger partial charge in [-0.1, -0.05) is 213 Å². The van der Waals surface area contributed by atoms with Crippen molar-refractivity contribution in [2.75, 3.05) is 119 Å². The maximum absolute atomic E-state index is 13.5. The number of nitrogens with zero attached hydrogens (tertiary/aromatic N) is 10. The molecule has 0 unspecified atom stereocenters. The molecule has 1 N–H and O–H groups in total. The lowest BCUT2D eigenvalue weighted by Crippen LogP contribution is -2.12. The number of hydrogen-bond acceptors (Lipinski definition) is 21. The van der Waals surface area contributed by atoms with Gasteiger partial charge in [0.15, 0.2) is 11.6 Å². The summed E-state index contributed by atoms with van der Waals surface area (Å²) in [5.41, 5.74) is 25.2. The SMILES string of the molecule is CC(C)=C1Sc2c(Cl)cccc2N1C.CC(C)=C1Sc2c(ccc(F)c2F)N1C.CC(C)=C1Sc2c(cccc2C(F)(F)F)N1C.CC(C)=C1Sc2cc(C)ccc2N1C.CC(C)=C1Sc2cc(Cl)ccc2N1C.CC(C)=C1Sc2ccc(CO)cc2N1C.CC(C)=C1Sc2ccc(Cl)cc2N1C.CC(C)=C1Sc2cccc(Cl)c2N1C.CC(C)=C1Sc2cccc(F)c2N1C.CC(C)=C1Sc2ccccc2N1C. The van der Waals surface area contributed by atoms with Crippen LogP contribution in [-0.4, -0.2) is 75.6 Å². The molecule has 10 heterocycles. The van der Waals surface area contributed by atoms with Crippen molar-refractivity contribution in [3.63, 3.8) is 0 Å². The third-order valence-electron chi connectivity index (χ3n) is 23.1. The second-order valence-electron chi connectivity index (χ2n) is 36.9. The number of benzene rings is 10. The molecule has 0 saturated carbocycles. The Morgan fingerprint density at radius 1 is 0.264 bits per heavy atom. The average Bonchev–Trinajstić information content (AvgIpc) is 1.61. The minimum absolute atomic E-state index is 0.107. The Balaban J connectivity index is 0.000000153. The van der Waals surface area contributed by atoms with E-state index in [0.717, 1.165) is 74.2 Å². The Morgan fingerprint density at radius 3 is 1.03 bits per heavy atom. The number of para-hydroxylation sites is 3. The molecule has 144 heavy (non-hydrogen) atoms. The Kier molecular flexibility index (Phi) is 40.6. The predicted molar refractivity (Wildman–Crippen MR) is 626 cm³/mol. The van der Waals surface area contributed by atoms with Gasteiger partial charge in [0, 0.05) is 120 Å². The fourth-order valence-corrected chi connectivity index (χ4v) is 28.7. The first-order chi connectivity index (χ1) is 67.8. The second-order valence-corrected chi connectivity index (χ2v) is 48.8. The Hall–Kier alpha value is -8.20. The van der Waals surface area contributed by atoms with Crippen LogP contribution in [0.4, 0.5) is 83.2 Å². The first kappa shape index (κ1) is 116. The lowest BCUT2D eigenvalue weighted by atomic mass is 10.2. The molecule has 11 nitrogen and oxygen atoms in total. The first-order valence-corrected chi connectivity index (χ1v) is 55.9. The van der Waals surface area contributed by atoms with E-state index < -0.39 is 23.4 Å². The van der Waals surface area contributed by atoms with E-state index in [1.807, 2.05) is 166 Å². The molecule has 0 bridgehead atoms. The molecule has 10 aromatic rings. The number of aliphatic hydroxyl groups is 1. The highest BCUT2D eigenvalue weighted by Gasteiger charge is 2.39. The molecule has 0 fully saturated rings. The van der Waals surface area contributed by atoms with Crippen LogP contribution in [-0.2, 0) is 12.8 Å². The summed E-state index contributed by atoms with van der Waals surface area (Å²) in [6, 6.07) is 57.7. The molecule has 10 aliphatic rings. The zero-order valence-electron chi connectivity index (χ0n) is 87.3. The van der Waals surface area contributed by atoms with Crippen molar-refractivity contribution in [2.45, 2.75) is 207 Å². The molecule has 0 aliphatic carbocycles. The largest absolute Gasteiger partial charge is 0.417 e. The molecule has 0 aromatic heterocycles. The highest BCUT2D eigenvalue weighted by Crippen LogP contribution is 2.58. The molecule has 0 amide bonds. The molecule has 0 atom stereocenters. The molecule has 31 heteroatoms. The third-order valence-corrected chi connectivity index (χ3v) is 38.8. The summed E-state index contributed by atoms with van der Waals surface area (Å²) in [5.74, 6) is -1.68. The number of aliphatic hydroxyl groups excluding tert-OH is 1. The maximum atomic E-state index is 13.5. The zero-order valence-corrected chi connectivity index (χ0v) is 98.5. The number of halogens is 10. The molecule has 0 radical (unpaired) electrons. The highest BCUT2D eigenvalue weighted by molar-refractivity contribution is 8.06. The van der Waals surface area contributed by atoms with Crippen molar-refractivity contribution in [3.05, 3.63) is 342 Å². The van der Waals surface area contributed by atoms with Gasteiger partial charge in [0.2, 0.25) is 0 Å². The van der Waals surface area contributed by atoms with E-state index in [4.69, 9.17) is 51.5 Å². The van der Waals surface area contributed by atoms with Gasteiger partial charge in [0.05, 0.1) is 139 Å². The van der Waals surface area contributed by atoms with Gasteiger partial charge >= 0.3 is 6.18 Å². The van der Waals surface area contributed by atoms with E-state index >= 15 is 0 Å². The van der Waals surface area contributed by atoms with Crippen LogP contribution in [0.2, 0.25) is 20.1 Å². The molecule has 764 valence electrons. The van der Waals surface area contributed by atoms with Crippen molar-refractivity contribution in [1.82, 2.24) is 0 Å².